The van der Waals surface area contributed by atoms with E-state index in [0.29, 0.717) is 0 Å². The van der Waals surface area contributed by atoms with Crippen molar-refractivity contribution in [3.8, 4) is 0 Å². The summed E-state index contributed by atoms with van der Waals surface area (Å²) in [6.07, 6.45) is -3.98. The Labute approximate surface area is 116 Å². The zero-order chi connectivity index (χ0) is 15.3. The van der Waals surface area contributed by atoms with Gasteiger partial charge in [0.05, 0.1) is 6.61 Å². The van der Waals surface area contributed by atoms with Crippen molar-refractivity contribution in [3.63, 3.8) is 0 Å². The van der Waals surface area contributed by atoms with Crippen LogP contribution >= 0.6 is 0 Å². The minimum absolute atomic E-state index is 0.0962. The van der Waals surface area contributed by atoms with E-state index in [4.69, 9.17) is 15.6 Å². The highest BCUT2D eigenvalue weighted by molar-refractivity contribution is 5.67. The van der Waals surface area contributed by atoms with E-state index in [2.05, 4.69) is 9.97 Å². The molecule has 3 heterocycles. The summed E-state index contributed by atoms with van der Waals surface area (Å²) >= 11 is 0. The number of ether oxygens (including phenoxy) is 1. The van der Waals surface area contributed by atoms with Crippen LogP contribution in [0.25, 0.3) is 11.2 Å². The summed E-state index contributed by atoms with van der Waals surface area (Å²) in [5.74, 6) is -0.209. The van der Waals surface area contributed by atoms with Crippen molar-refractivity contribution in [1.29, 1.82) is 0 Å². The van der Waals surface area contributed by atoms with Crippen LogP contribution in [0.1, 0.15) is 6.23 Å². The molecule has 0 aliphatic carbocycles. The lowest BCUT2D eigenvalue weighted by Gasteiger charge is -2.11. The number of H-pyrrole nitrogens is 1. The Morgan fingerprint density at radius 2 is 2.24 bits per heavy atom. The molecule has 11 heteroatoms. The van der Waals surface area contributed by atoms with Gasteiger partial charge in [-0.2, -0.15) is 9.55 Å². The fourth-order valence-electron chi connectivity index (χ4n) is 2.37. The lowest BCUT2D eigenvalue weighted by atomic mass is 10.1. The number of fused-ring (bicyclic) bond motifs is 1. The summed E-state index contributed by atoms with van der Waals surface area (Å²) < 4.78 is 6.64. The van der Waals surface area contributed by atoms with Gasteiger partial charge in [0, 0.05) is 0 Å². The Bertz CT molecular complexity index is 741. The van der Waals surface area contributed by atoms with Crippen LogP contribution < -0.4 is 16.0 Å². The first kappa shape index (κ1) is 13.8. The number of aliphatic hydroxyl groups is 3. The van der Waals surface area contributed by atoms with Gasteiger partial charge in [0.25, 0.3) is 17.5 Å². The molecule has 1 fully saturated rings. The van der Waals surface area contributed by atoms with Crippen molar-refractivity contribution < 1.29 is 24.8 Å². The van der Waals surface area contributed by atoms with Gasteiger partial charge in [0.1, 0.15) is 18.3 Å². The first-order chi connectivity index (χ1) is 9.93. The van der Waals surface area contributed by atoms with E-state index in [1.807, 2.05) is 0 Å². The second kappa shape index (κ2) is 4.66. The molecule has 21 heavy (non-hydrogen) atoms. The number of aromatic nitrogens is 4. The number of nitrogens with two attached hydrogens (primary N) is 1. The minimum atomic E-state index is -1.40. The number of imidazole rings is 1. The number of aliphatic hydroxyl groups excluding tert-OH is 3. The van der Waals surface area contributed by atoms with E-state index >= 15 is 0 Å². The van der Waals surface area contributed by atoms with Crippen molar-refractivity contribution in [2.24, 2.45) is 0 Å². The Morgan fingerprint density at radius 3 is 2.86 bits per heavy atom. The maximum atomic E-state index is 11.8. The summed E-state index contributed by atoms with van der Waals surface area (Å²) in [4.78, 5) is 17.7. The lowest BCUT2D eigenvalue weighted by Crippen LogP contribution is -2.33. The molecule has 0 saturated carbocycles. The minimum Gasteiger partial charge on any atom is -0.710 e. The van der Waals surface area contributed by atoms with Crippen LogP contribution in [0.15, 0.2) is 11.1 Å². The summed E-state index contributed by atoms with van der Waals surface area (Å²) in [5.41, 5.74) is 4.30. The maximum absolute atomic E-state index is 11.8. The van der Waals surface area contributed by atoms with E-state index in [0.717, 1.165) is 10.9 Å². The second-order valence-corrected chi connectivity index (χ2v) is 4.70. The van der Waals surface area contributed by atoms with Crippen LogP contribution in [-0.2, 0) is 4.74 Å². The van der Waals surface area contributed by atoms with Gasteiger partial charge in [-0.05, 0) is 0 Å². The number of rotatable bonds is 2. The molecular weight excluding hydrogens is 286 g/mol. The third-order valence-corrected chi connectivity index (χ3v) is 3.38. The van der Waals surface area contributed by atoms with Crippen molar-refractivity contribution >= 4 is 17.1 Å². The molecule has 3 rings (SSSR count). The molecule has 2 aromatic rings. The highest BCUT2D eigenvalue weighted by Crippen LogP contribution is 2.30. The molecule has 6 N–H and O–H groups in total. The van der Waals surface area contributed by atoms with Gasteiger partial charge in [0.2, 0.25) is 12.2 Å². The fraction of sp³-hybridized carbons (Fsp3) is 0.500. The van der Waals surface area contributed by atoms with Crippen molar-refractivity contribution in [1.82, 2.24) is 14.5 Å². The standard InChI is InChI=1S/C10H13N5O6/c11-10-12-7-4(8(19)13-10)15(20)2-14(7)9-6(18)5(17)3(1-16)21-9/h2-3,5-6,9,16-18H,1H2,(H3,11,12,13,19). The SMILES string of the molecule is Nc1nc2c(c(=O)[nH]1)[n+]([O-])cn2C1OC(CO)C(O)C1O. The predicted molar refractivity (Wildman–Crippen MR) is 66.7 cm³/mol. The largest absolute Gasteiger partial charge is 0.710 e. The Kier molecular flexibility index (Phi) is 3.06. The molecule has 0 bridgehead atoms. The average molecular weight is 299 g/mol. The normalized spacial score (nSPS) is 29.3. The van der Waals surface area contributed by atoms with Crippen molar-refractivity contribution in [2.75, 3.05) is 12.3 Å². The topological polar surface area (TPSA) is 174 Å². The zero-order valence-electron chi connectivity index (χ0n) is 10.6. The Hall–Kier alpha value is -2.21. The van der Waals surface area contributed by atoms with Crippen LogP contribution in [0, 0.1) is 5.21 Å². The van der Waals surface area contributed by atoms with Gasteiger partial charge < -0.3 is 31.0 Å². The first-order valence-electron chi connectivity index (χ1n) is 6.06. The monoisotopic (exact) mass is 299 g/mol. The first-order valence-corrected chi connectivity index (χ1v) is 6.06. The molecule has 1 aliphatic heterocycles. The molecule has 0 radical (unpaired) electrons. The molecule has 1 aliphatic rings. The van der Waals surface area contributed by atoms with Gasteiger partial charge in [-0.25, -0.2) is 4.73 Å². The fourth-order valence-corrected chi connectivity index (χ4v) is 2.37. The van der Waals surface area contributed by atoms with Crippen molar-refractivity contribution in [3.05, 3.63) is 21.9 Å². The lowest BCUT2D eigenvalue weighted by molar-refractivity contribution is -0.579. The number of hydrogen-bond acceptors (Lipinski definition) is 8. The summed E-state index contributed by atoms with van der Waals surface area (Å²) in [7, 11) is 0. The predicted octanol–water partition coefficient (Wildman–Crippen LogP) is -3.45. The Balaban J connectivity index is 2.16. The van der Waals surface area contributed by atoms with Gasteiger partial charge >= 0.3 is 5.56 Å². The smallest absolute Gasteiger partial charge is 0.304 e. The zero-order valence-corrected chi connectivity index (χ0v) is 10.6. The number of nitrogens with zero attached hydrogens (tertiary/aromatic N) is 3. The van der Waals surface area contributed by atoms with Crippen LogP contribution in [0.4, 0.5) is 5.95 Å². The molecule has 2 aromatic heterocycles. The Morgan fingerprint density at radius 1 is 1.52 bits per heavy atom. The van der Waals surface area contributed by atoms with E-state index in [-0.39, 0.29) is 21.8 Å². The van der Waals surface area contributed by atoms with E-state index in [1.165, 1.54) is 0 Å². The quantitative estimate of drug-likeness (QED) is 0.281. The third-order valence-electron chi connectivity index (χ3n) is 3.38. The second-order valence-electron chi connectivity index (χ2n) is 4.70. The molecule has 0 aromatic carbocycles. The molecule has 0 amide bonds. The van der Waals surface area contributed by atoms with E-state index in [1.54, 1.807) is 0 Å². The molecule has 1 saturated heterocycles. The van der Waals surface area contributed by atoms with E-state index < -0.39 is 36.7 Å². The van der Waals surface area contributed by atoms with Crippen LogP contribution in [0.3, 0.4) is 0 Å². The molecular formula is C10H13N5O6. The highest BCUT2D eigenvalue weighted by atomic mass is 16.6. The van der Waals surface area contributed by atoms with Gasteiger partial charge in [-0.3, -0.25) is 9.78 Å². The molecule has 11 nitrogen and oxygen atoms in total. The van der Waals surface area contributed by atoms with Gasteiger partial charge in [0.15, 0.2) is 0 Å². The highest BCUT2D eigenvalue weighted by Gasteiger charge is 2.47. The van der Waals surface area contributed by atoms with Crippen molar-refractivity contribution in [2.45, 2.75) is 24.5 Å². The van der Waals surface area contributed by atoms with Gasteiger partial charge in [-0.1, -0.05) is 0 Å². The number of anilines is 1. The number of aromatic amines is 1. The van der Waals surface area contributed by atoms with Crippen LogP contribution in [0.5, 0.6) is 0 Å². The average Bonchev–Trinajstić information content (AvgIpc) is 2.89. The molecule has 0 spiro atoms. The summed E-state index contributed by atoms with van der Waals surface area (Å²) in [6.45, 7) is -0.512. The number of nitrogen functional groups attached to an aromatic ring is 1. The van der Waals surface area contributed by atoms with Crippen LogP contribution in [-0.4, -0.2) is 54.8 Å². The van der Waals surface area contributed by atoms with Gasteiger partial charge in [-0.15, -0.1) is 0 Å². The number of hydrogen-bond donors (Lipinski definition) is 5. The summed E-state index contributed by atoms with van der Waals surface area (Å²) in [6, 6.07) is 0. The molecule has 4 atom stereocenters. The maximum Gasteiger partial charge on any atom is 0.304 e. The summed E-state index contributed by atoms with van der Waals surface area (Å²) in [5, 5.41) is 40.5. The number of nitrogens with one attached hydrogen (secondary N) is 1. The van der Waals surface area contributed by atoms with Crippen LogP contribution in [0.2, 0.25) is 0 Å². The third kappa shape index (κ3) is 1.94. The van der Waals surface area contributed by atoms with E-state index in [9.17, 15) is 20.2 Å². The molecule has 114 valence electrons. The molecule has 4 unspecified atom stereocenters.